The molecule has 3 heterocycles. The summed E-state index contributed by atoms with van der Waals surface area (Å²) < 4.78 is 3.68. The fourth-order valence-corrected chi connectivity index (χ4v) is 4.72. The summed E-state index contributed by atoms with van der Waals surface area (Å²) in [7, 11) is 0. The van der Waals surface area contributed by atoms with Gasteiger partial charge in [0.1, 0.15) is 5.56 Å². The standard InChI is InChI=1S/C29H31N5O2/c1-21(2)22-12-14-24(15-13-22)31-27(35)23-9-8-18-33(20-23)29(36)26-19-30-34(25-10-4-3-5-11-25)28(26)32-16-6-7-17-32/h3-7,10-17,19,21,23H,8-9,18,20H2,1-2H3,(H,31,35)/t23-/m1/s1. The van der Waals surface area contributed by atoms with Crippen molar-refractivity contribution < 1.29 is 9.59 Å². The molecule has 7 nitrogen and oxygen atoms in total. The first kappa shape index (κ1) is 23.6. The van der Waals surface area contributed by atoms with Gasteiger partial charge in [0.2, 0.25) is 5.91 Å². The van der Waals surface area contributed by atoms with E-state index in [4.69, 9.17) is 0 Å². The van der Waals surface area contributed by atoms with E-state index >= 15 is 0 Å². The van der Waals surface area contributed by atoms with Crippen molar-refractivity contribution in [3.05, 3.63) is 96.4 Å². The molecule has 36 heavy (non-hydrogen) atoms. The monoisotopic (exact) mass is 481 g/mol. The zero-order chi connectivity index (χ0) is 25.1. The maximum atomic E-state index is 13.7. The van der Waals surface area contributed by atoms with Gasteiger partial charge in [0.05, 0.1) is 17.8 Å². The molecule has 1 fully saturated rings. The Balaban J connectivity index is 1.35. The number of nitrogens with one attached hydrogen (secondary N) is 1. The number of aromatic nitrogens is 3. The maximum absolute atomic E-state index is 13.7. The summed E-state index contributed by atoms with van der Waals surface area (Å²) in [6.45, 7) is 5.29. The average Bonchev–Trinajstić information content (AvgIpc) is 3.59. The molecule has 2 aromatic carbocycles. The Hall–Kier alpha value is -4.13. The van der Waals surface area contributed by atoms with Crippen LogP contribution in [-0.4, -0.2) is 44.2 Å². The lowest BCUT2D eigenvalue weighted by Gasteiger charge is -2.32. The number of nitrogens with zero attached hydrogens (tertiary/aromatic N) is 4. The highest BCUT2D eigenvalue weighted by atomic mass is 16.2. The van der Waals surface area contributed by atoms with Crippen molar-refractivity contribution in [2.45, 2.75) is 32.6 Å². The number of anilines is 1. The first-order valence-electron chi connectivity index (χ1n) is 12.5. The Labute approximate surface area is 211 Å². The van der Waals surface area contributed by atoms with Crippen molar-refractivity contribution in [2.75, 3.05) is 18.4 Å². The number of para-hydroxylation sites is 1. The highest BCUT2D eigenvalue weighted by molar-refractivity contribution is 5.98. The van der Waals surface area contributed by atoms with Crippen molar-refractivity contribution in [2.24, 2.45) is 5.92 Å². The van der Waals surface area contributed by atoms with E-state index in [9.17, 15) is 9.59 Å². The summed E-state index contributed by atoms with van der Waals surface area (Å²) in [6.07, 6.45) is 6.98. The molecule has 0 spiro atoms. The second kappa shape index (κ2) is 10.2. The number of carbonyl (C=O) groups is 2. The summed E-state index contributed by atoms with van der Waals surface area (Å²) in [4.78, 5) is 28.6. The number of benzene rings is 2. The highest BCUT2D eigenvalue weighted by Gasteiger charge is 2.31. The van der Waals surface area contributed by atoms with Gasteiger partial charge in [-0.3, -0.25) is 9.59 Å². The third-order valence-electron chi connectivity index (χ3n) is 6.75. The summed E-state index contributed by atoms with van der Waals surface area (Å²) in [5.41, 5.74) is 3.41. The molecule has 1 N–H and O–H groups in total. The van der Waals surface area contributed by atoms with Crippen molar-refractivity contribution >= 4 is 17.5 Å². The second-order valence-electron chi connectivity index (χ2n) is 9.58. The van der Waals surface area contributed by atoms with Crippen LogP contribution in [0.5, 0.6) is 0 Å². The van der Waals surface area contributed by atoms with Crippen LogP contribution in [0.4, 0.5) is 5.69 Å². The average molecular weight is 482 g/mol. The molecule has 0 unspecified atom stereocenters. The molecular weight excluding hydrogens is 450 g/mol. The van der Waals surface area contributed by atoms with Crippen LogP contribution in [0.1, 0.15) is 48.5 Å². The first-order chi connectivity index (χ1) is 17.5. The van der Waals surface area contributed by atoms with Crippen LogP contribution in [0.2, 0.25) is 0 Å². The van der Waals surface area contributed by atoms with Crippen LogP contribution in [0.15, 0.2) is 85.3 Å². The molecule has 1 atom stereocenters. The van der Waals surface area contributed by atoms with Crippen LogP contribution in [0.25, 0.3) is 11.5 Å². The SMILES string of the molecule is CC(C)c1ccc(NC(=O)[C@@H]2CCCN(C(=O)c3cnn(-c4ccccc4)c3-n3cccc3)C2)cc1. The number of likely N-dealkylation sites (tertiary alicyclic amines) is 1. The number of hydrogen-bond donors (Lipinski definition) is 1. The van der Waals surface area contributed by atoms with Gasteiger partial charge >= 0.3 is 0 Å². The van der Waals surface area contributed by atoms with Gasteiger partial charge in [-0.25, -0.2) is 4.68 Å². The fourth-order valence-electron chi connectivity index (χ4n) is 4.72. The van der Waals surface area contributed by atoms with E-state index in [0.717, 1.165) is 24.2 Å². The second-order valence-corrected chi connectivity index (χ2v) is 9.58. The lowest BCUT2D eigenvalue weighted by Crippen LogP contribution is -2.44. The van der Waals surface area contributed by atoms with Gasteiger partial charge in [-0.15, -0.1) is 0 Å². The summed E-state index contributed by atoms with van der Waals surface area (Å²) >= 11 is 0. The van der Waals surface area contributed by atoms with E-state index < -0.39 is 0 Å². The predicted molar refractivity (Wildman–Crippen MR) is 141 cm³/mol. The van der Waals surface area contributed by atoms with E-state index in [1.807, 2.05) is 83.7 Å². The zero-order valence-electron chi connectivity index (χ0n) is 20.7. The molecule has 0 bridgehead atoms. The Morgan fingerprint density at radius 2 is 1.69 bits per heavy atom. The van der Waals surface area contributed by atoms with Crippen molar-refractivity contribution in [1.82, 2.24) is 19.2 Å². The van der Waals surface area contributed by atoms with Crippen LogP contribution >= 0.6 is 0 Å². The minimum Gasteiger partial charge on any atom is -0.338 e. The number of piperidine rings is 1. The largest absolute Gasteiger partial charge is 0.338 e. The molecule has 1 aliphatic rings. The van der Waals surface area contributed by atoms with Crippen LogP contribution in [0, 0.1) is 5.92 Å². The first-order valence-corrected chi connectivity index (χ1v) is 12.5. The van der Waals surface area contributed by atoms with Gasteiger partial charge in [-0.2, -0.15) is 5.10 Å². The lowest BCUT2D eigenvalue weighted by atomic mass is 9.96. The smallest absolute Gasteiger partial charge is 0.259 e. The molecule has 1 aliphatic heterocycles. The van der Waals surface area contributed by atoms with E-state index in [-0.39, 0.29) is 17.7 Å². The molecule has 184 valence electrons. The van der Waals surface area contributed by atoms with Gasteiger partial charge < -0.3 is 14.8 Å². The Kier molecular flexibility index (Phi) is 6.71. The molecule has 7 heteroatoms. The molecule has 1 saturated heterocycles. The molecule has 4 aromatic rings. The lowest BCUT2D eigenvalue weighted by molar-refractivity contribution is -0.121. The minimum atomic E-state index is -0.258. The quantitative estimate of drug-likeness (QED) is 0.407. The minimum absolute atomic E-state index is 0.0459. The molecule has 2 aromatic heterocycles. The third kappa shape index (κ3) is 4.82. The summed E-state index contributed by atoms with van der Waals surface area (Å²) in [6, 6.07) is 21.6. The van der Waals surface area contributed by atoms with Gasteiger partial charge in [0.25, 0.3) is 5.91 Å². The molecule has 0 aliphatic carbocycles. The zero-order valence-corrected chi connectivity index (χ0v) is 20.7. The number of amides is 2. The number of rotatable bonds is 6. The molecule has 0 saturated carbocycles. The van der Waals surface area contributed by atoms with Gasteiger partial charge in [0.15, 0.2) is 5.82 Å². The maximum Gasteiger partial charge on any atom is 0.259 e. The normalized spacial score (nSPS) is 15.8. The van der Waals surface area contributed by atoms with E-state index in [1.54, 1.807) is 15.8 Å². The van der Waals surface area contributed by atoms with E-state index in [0.29, 0.717) is 30.4 Å². The Morgan fingerprint density at radius 3 is 2.39 bits per heavy atom. The topological polar surface area (TPSA) is 72.2 Å². The number of hydrogen-bond acceptors (Lipinski definition) is 3. The summed E-state index contributed by atoms with van der Waals surface area (Å²) in [5.74, 6) is 0.713. The van der Waals surface area contributed by atoms with Gasteiger partial charge in [-0.05, 0) is 60.7 Å². The van der Waals surface area contributed by atoms with Crippen molar-refractivity contribution in [1.29, 1.82) is 0 Å². The third-order valence-corrected chi connectivity index (χ3v) is 6.75. The Morgan fingerprint density at radius 1 is 0.972 bits per heavy atom. The molecule has 5 rings (SSSR count). The molecule has 0 radical (unpaired) electrons. The van der Waals surface area contributed by atoms with Crippen LogP contribution in [-0.2, 0) is 4.79 Å². The van der Waals surface area contributed by atoms with Crippen molar-refractivity contribution in [3.8, 4) is 11.5 Å². The summed E-state index contributed by atoms with van der Waals surface area (Å²) in [5, 5.41) is 7.60. The number of carbonyl (C=O) groups excluding carboxylic acids is 2. The van der Waals surface area contributed by atoms with Crippen LogP contribution < -0.4 is 5.32 Å². The van der Waals surface area contributed by atoms with Crippen LogP contribution in [0.3, 0.4) is 0 Å². The fraction of sp³-hybridized carbons (Fsp3) is 0.276. The van der Waals surface area contributed by atoms with Gasteiger partial charge in [0, 0.05) is 31.2 Å². The predicted octanol–water partition coefficient (Wildman–Crippen LogP) is 5.28. The molecule has 2 amide bonds. The van der Waals surface area contributed by atoms with Crippen molar-refractivity contribution in [3.63, 3.8) is 0 Å². The Bertz CT molecular complexity index is 1320. The molecular formula is C29H31N5O2. The highest BCUT2D eigenvalue weighted by Crippen LogP contribution is 2.25. The van der Waals surface area contributed by atoms with E-state index in [2.05, 4.69) is 24.3 Å². The van der Waals surface area contributed by atoms with Gasteiger partial charge in [-0.1, -0.05) is 44.2 Å². The van der Waals surface area contributed by atoms with E-state index in [1.165, 1.54) is 5.56 Å².